The fourth-order valence-electron chi connectivity index (χ4n) is 3.32. The summed E-state index contributed by atoms with van der Waals surface area (Å²) in [5, 5.41) is 12.3. The molecule has 34 heavy (non-hydrogen) atoms. The summed E-state index contributed by atoms with van der Waals surface area (Å²) in [5.74, 6) is -0.483. The molecule has 1 amide bonds. The lowest BCUT2D eigenvalue weighted by molar-refractivity contribution is -0.140. The number of nitrogens with one attached hydrogen (secondary N) is 1. The zero-order chi connectivity index (χ0) is 24.1. The van der Waals surface area contributed by atoms with E-state index >= 15 is 0 Å². The maximum absolute atomic E-state index is 12.2. The van der Waals surface area contributed by atoms with E-state index in [1.54, 1.807) is 31.4 Å². The summed E-state index contributed by atoms with van der Waals surface area (Å²) in [6, 6.07) is 15.1. The second-order valence-electron chi connectivity index (χ2n) is 7.25. The van der Waals surface area contributed by atoms with Gasteiger partial charge in [0.2, 0.25) is 11.2 Å². The zero-order valence-corrected chi connectivity index (χ0v) is 18.8. The van der Waals surface area contributed by atoms with E-state index in [0.717, 1.165) is 11.1 Å². The number of halogens is 1. The van der Waals surface area contributed by atoms with E-state index in [2.05, 4.69) is 20.3 Å². The number of aliphatic carboxylic acids is 1. The van der Waals surface area contributed by atoms with Crippen molar-refractivity contribution in [3.05, 3.63) is 77.2 Å². The van der Waals surface area contributed by atoms with Gasteiger partial charge in [-0.25, -0.2) is 19.6 Å². The first-order chi connectivity index (χ1) is 16.4. The highest BCUT2D eigenvalue weighted by molar-refractivity contribution is 6.29. The fraction of sp³-hybridized carbons (Fsp3) is 0.174. The van der Waals surface area contributed by atoms with Crippen LogP contribution in [0.1, 0.15) is 17.2 Å². The van der Waals surface area contributed by atoms with Crippen molar-refractivity contribution in [2.75, 3.05) is 12.4 Å². The number of carbonyl (C=O) groups excluding carboxylic acids is 1. The smallest absolute Gasteiger partial charge is 0.414 e. The molecule has 10 nitrogen and oxygen atoms in total. The topological polar surface area (TPSA) is 128 Å². The first-order valence-electron chi connectivity index (χ1n) is 10.2. The summed E-state index contributed by atoms with van der Waals surface area (Å²) in [7, 11) is 1.56. The van der Waals surface area contributed by atoms with Crippen LogP contribution in [-0.4, -0.2) is 43.8 Å². The van der Waals surface area contributed by atoms with Crippen LogP contribution in [0.4, 0.5) is 10.7 Å². The number of hydrogen-bond donors (Lipinski definition) is 2. The van der Waals surface area contributed by atoms with Crippen molar-refractivity contribution in [3.8, 4) is 5.75 Å². The Labute approximate surface area is 199 Å². The molecule has 11 heteroatoms. The number of methoxy groups -OCH3 is 1. The van der Waals surface area contributed by atoms with Gasteiger partial charge in [-0.1, -0.05) is 42.5 Å². The van der Waals surface area contributed by atoms with Crippen molar-refractivity contribution in [3.63, 3.8) is 0 Å². The number of carboxylic acids is 1. The van der Waals surface area contributed by atoms with Crippen LogP contribution >= 0.6 is 11.6 Å². The molecule has 0 aliphatic heterocycles. The number of carboxylic acid groups (broad SMARTS) is 1. The molecule has 1 atom stereocenters. The van der Waals surface area contributed by atoms with Crippen LogP contribution in [0.2, 0.25) is 5.28 Å². The fourth-order valence-corrected chi connectivity index (χ4v) is 3.61. The van der Waals surface area contributed by atoms with Gasteiger partial charge in [0.15, 0.2) is 5.65 Å². The van der Waals surface area contributed by atoms with E-state index in [0.29, 0.717) is 11.3 Å². The van der Waals surface area contributed by atoms with Gasteiger partial charge in [0.1, 0.15) is 23.9 Å². The number of fused-ring (bicyclic) bond motifs is 1. The van der Waals surface area contributed by atoms with E-state index in [-0.39, 0.29) is 29.9 Å². The van der Waals surface area contributed by atoms with E-state index in [9.17, 15) is 14.7 Å². The van der Waals surface area contributed by atoms with Crippen LogP contribution < -0.4 is 10.1 Å². The molecule has 1 unspecified atom stereocenters. The third-order valence-corrected chi connectivity index (χ3v) is 5.27. The first kappa shape index (κ1) is 23.0. The third-order valence-electron chi connectivity index (χ3n) is 5.00. The molecule has 0 fully saturated rings. The standard InChI is InChI=1S/C23H20ClN5O5/c1-33-16-9-7-15(8-10-16)13-34-23(32)28-22-25-12-17-19(27-22)29(21(24)26-17)18(20(30)31)11-14-5-3-2-4-6-14/h2-10,12,18H,11,13H2,1H3,(H,30,31)(H,25,27,28,32). The summed E-state index contributed by atoms with van der Waals surface area (Å²) in [5.41, 5.74) is 2.04. The number of rotatable bonds is 8. The summed E-state index contributed by atoms with van der Waals surface area (Å²) in [6.45, 7) is 0.0278. The molecule has 2 aromatic carbocycles. The molecule has 4 rings (SSSR count). The van der Waals surface area contributed by atoms with Gasteiger partial charge >= 0.3 is 12.1 Å². The van der Waals surface area contributed by atoms with Gasteiger partial charge in [0, 0.05) is 6.42 Å². The van der Waals surface area contributed by atoms with Gasteiger partial charge in [0.05, 0.1) is 13.3 Å². The molecule has 0 radical (unpaired) electrons. The summed E-state index contributed by atoms with van der Waals surface area (Å²) in [6.07, 6.45) is 0.745. The minimum atomic E-state index is -1.10. The highest BCUT2D eigenvalue weighted by Gasteiger charge is 2.26. The molecule has 0 spiro atoms. The van der Waals surface area contributed by atoms with Gasteiger partial charge in [0.25, 0.3) is 0 Å². The summed E-state index contributed by atoms with van der Waals surface area (Å²) >= 11 is 6.27. The third kappa shape index (κ3) is 5.24. The molecular formula is C23H20ClN5O5. The number of nitrogens with zero attached hydrogens (tertiary/aromatic N) is 4. The Morgan fingerprint density at radius 3 is 2.50 bits per heavy atom. The Morgan fingerprint density at radius 1 is 1.09 bits per heavy atom. The van der Waals surface area contributed by atoms with Crippen LogP contribution in [0.25, 0.3) is 11.2 Å². The molecule has 2 N–H and O–H groups in total. The maximum Gasteiger partial charge on any atom is 0.414 e. The SMILES string of the molecule is COc1ccc(COC(=O)Nc2ncc3nc(Cl)n(C(Cc4ccccc4)C(=O)O)c3n2)cc1. The zero-order valence-electron chi connectivity index (χ0n) is 18.0. The molecule has 0 saturated carbocycles. The summed E-state index contributed by atoms with van der Waals surface area (Å²) in [4.78, 5) is 36.8. The number of hydrogen-bond acceptors (Lipinski definition) is 7. The average molecular weight is 482 g/mol. The van der Waals surface area contributed by atoms with Crippen LogP contribution in [0.15, 0.2) is 60.8 Å². The van der Waals surface area contributed by atoms with Crippen molar-refractivity contribution in [2.45, 2.75) is 19.1 Å². The normalized spacial score (nSPS) is 11.7. The molecule has 2 aromatic heterocycles. The highest BCUT2D eigenvalue weighted by Crippen LogP contribution is 2.26. The number of aromatic nitrogens is 4. The molecule has 0 aliphatic carbocycles. The molecule has 4 aromatic rings. The van der Waals surface area contributed by atoms with Crippen molar-refractivity contribution in [2.24, 2.45) is 0 Å². The van der Waals surface area contributed by atoms with E-state index in [1.165, 1.54) is 10.8 Å². The van der Waals surface area contributed by atoms with Crippen LogP contribution in [-0.2, 0) is 22.6 Å². The Balaban J connectivity index is 1.52. The molecule has 174 valence electrons. The van der Waals surface area contributed by atoms with Gasteiger partial charge in [-0.3, -0.25) is 9.88 Å². The second kappa shape index (κ2) is 10.2. The monoisotopic (exact) mass is 481 g/mol. The lowest BCUT2D eigenvalue weighted by Gasteiger charge is -2.16. The predicted molar refractivity (Wildman–Crippen MR) is 124 cm³/mol. The Hall–Kier alpha value is -4.18. The van der Waals surface area contributed by atoms with Crippen LogP contribution in [0.3, 0.4) is 0 Å². The quantitative estimate of drug-likeness (QED) is 0.360. The van der Waals surface area contributed by atoms with Crippen molar-refractivity contribution < 1.29 is 24.2 Å². The van der Waals surface area contributed by atoms with E-state index in [4.69, 9.17) is 21.1 Å². The molecule has 0 bridgehead atoms. The number of amides is 1. The van der Waals surface area contributed by atoms with Crippen LogP contribution in [0, 0.1) is 0 Å². The van der Waals surface area contributed by atoms with E-state index < -0.39 is 18.1 Å². The number of ether oxygens (including phenoxy) is 2. The Bertz CT molecular complexity index is 1310. The van der Waals surface area contributed by atoms with Gasteiger partial charge in [-0.2, -0.15) is 4.98 Å². The number of imidazole rings is 1. The van der Waals surface area contributed by atoms with Crippen molar-refractivity contribution in [1.82, 2.24) is 19.5 Å². The summed E-state index contributed by atoms with van der Waals surface area (Å²) < 4.78 is 11.6. The highest BCUT2D eigenvalue weighted by atomic mass is 35.5. The van der Waals surface area contributed by atoms with Gasteiger partial charge < -0.3 is 14.6 Å². The molecular weight excluding hydrogens is 462 g/mol. The maximum atomic E-state index is 12.2. The second-order valence-corrected chi connectivity index (χ2v) is 7.58. The Kier molecular flexibility index (Phi) is 6.88. The van der Waals surface area contributed by atoms with Crippen molar-refractivity contribution >= 4 is 40.8 Å². The van der Waals surface area contributed by atoms with E-state index in [1.807, 2.05) is 30.3 Å². The lowest BCUT2D eigenvalue weighted by Crippen LogP contribution is -2.22. The molecule has 2 heterocycles. The molecule has 0 aliphatic rings. The van der Waals surface area contributed by atoms with Gasteiger partial charge in [-0.15, -0.1) is 0 Å². The molecule has 0 saturated heterocycles. The van der Waals surface area contributed by atoms with Crippen LogP contribution in [0.5, 0.6) is 5.75 Å². The minimum absolute atomic E-state index is 0.0278. The Morgan fingerprint density at radius 2 is 1.82 bits per heavy atom. The lowest BCUT2D eigenvalue weighted by atomic mass is 10.1. The first-order valence-corrected chi connectivity index (χ1v) is 10.6. The number of carbonyl (C=O) groups is 2. The predicted octanol–water partition coefficient (Wildman–Crippen LogP) is 4.11. The largest absolute Gasteiger partial charge is 0.497 e. The number of anilines is 1. The van der Waals surface area contributed by atoms with Gasteiger partial charge in [-0.05, 0) is 34.9 Å². The average Bonchev–Trinajstić information content (AvgIpc) is 3.16. The van der Waals surface area contributed by atoms with Crippen molar-refractivity contribution in [1.29, 1.82) is 0 Å². The minimum Gasteiger partial charge on any atom is -0.497 e. The number of benzene rings is 2.